The van der Waals surface area contributed by atoms with Crippen LogP contribution in [0.4, 0.5) is 0 Å². The second-order valence-electron chi connectivity index (χ2n) is 5.35. The van der Waals surface area contributed by atoms with Crippen molar-refractivity contribution in [2.75, 3.05) is 33.7 Å². The van der Waals surface area contributed by atoms with Gasteiger partial charge in [0.15, 0.2) is 0 Å². The summed E-state index contributed by atoms with van der Waals surface area (Å²) >= 11 is 0. The van der Waals surface area contributed by atoms with Crippen molar-refractivity contribution in [3.8, 4) is 0 Å². The highest BCUT2D eigenvalue weighted by molar-refractivity contribution is 7.86. The number of nitrogens with one attached hydrogen (secondary N) is 1. The van der Waals surface area contributed by atoms with Gasteiger partial charge in [-0.25, -0.2) is 0 Å². The number of rotatable bonds is 5. The van der Waals surface area contributed by atoms with Crippen molar-refractivity contribution in [2.24, 2.45) is 5.92 Å². The summed E-state index contributed by atoms with van der Waals surface area (Å²) in [6.07, 6.45) is 4.36. The molecule has 1 aliphatic rings. The molecule has 2 rings (SSSR count). The third kappa shape index (κ3) is 3.84. The maximum absolute atomic E-state index is 12.0. The number of carbonyl (C=O) groups excluding carboxylic acids is 1. The van der Waals surface area contributed by atoms with E-state index in [1.54, 1.807) is 6.07 Å². The van der Waals surface area contributed by atoms with E-state index in [0.29, 0.717) is 31.1 Å². The Balaban J connectivity index is 1.78. The summed E-state index contributed by atoms with van der Waals surface area (Å²) in [4.78, 5) is 11.8. The van der Waals surface area contributed by atoms with E-state index in [4.69, 9.17) is 4.42 Å². The lowest BCUT2D eigenvalue weighted by Crippen LogP contribution is -2.45. The van der Waals surface area contributed by atoms with Crippen LogP contribution in [0.15, 0.2) is 23.0 Å². The first-order valence-corrected chi connectivity index (χ1v) is 8.29. The molecule has 0 saturated carbocycles. The second kappa shape index (κ2) is 6.59. The highest BCUT2D eigenvalue weighted by atomic mass is 32.2. The van der Waals surface area contributed by atoms with Crippen LogP contribution in [0.2, 0.25) is 0 Å². The SMILES string of the molecule is CN(C)S(=O)(=O)N1CCC(CNC(=O)c2ccoc2)CC1. The Morgan fingerprint density at radius 1 is 1.43 bits per heavy atom. The van der Waals surface area contributed by atoms with Gasteiger partial charge in [-0.2, -0.15) is 17.0 Å². The molecule has 1 aliphatic heterocycles. The predicted octanol–water partition coefficient (Wildman–Crippen LogP) is 0.528. The molecule has 0 aromatic carbocycles. The zero-order chi connectivity index (χ0) is 15.5. The Morgan fingerprint density at radius 3 is 2.62 bits per heavy atom. The first-order chi connectivity index (χ1) is 9.91. The largest absolute Gasteiger partial charge is 0.472 e. The van der Waals surface area contributed by atoms with Crippen molar-refractivity contribution in [2.45, 2.75) is 12.8 Å². The van der Waals surface area contributed by atoms with Gasteiger partial charge in [0.2, 0.25) is 0 Å². The van der Waals surface area contributed by atoms with E-state index in [1.165, 1.54) is 35.2 Å². The van der Waals surface area contributed by atoms with Crippen LogP contribution in [0.1, 0.15) is 23.2 Å². The van der Waals surface area contributed by atoms with Gasteiger partial charge in [0.05, 0.1) is 11.8 Å². The quantitative estimate of drug-likeness (QED) is 0.859. The van der Waals surface area contributed by atoms with Gasteiger partial charge in [-0.1, -0.05) is 0 Å². The van der Waals surface area contributed by atoms with Gasteiger partial charge >= 0.3 is 0 Å². The molecule has 0 bridgehead atoms. The van der Waals surface area contributed by atoms with Crippen LogP contribution in [0.5, 0.6) is 0 Å². The average Bonchev–Trinajstić information content (AvgIpc) is 2.99. The van der Waals surface area contributed by atoms with Crippen LogP contribution >= 0.6 is 0 Å². The third-order valence-electron chi connectivity index (χ3n) is 3.70. The van der Waals surface area contributed by atoms with Crippen LogP contribution in [-0.2, 0) is 10.2 Å². The van der Waals surface area contributed by atoms with Crippen molar-refractivity contribution in [3.63, 3.8) is 0 Å². The normalized spacial score (nSPS) is 18.0. The number of amides is 1. The highest BCUT2D eigenvalue weighted by Gasteiger charge is 2.29. The number of nitrogens with zero attached hydrogens (tertiary/aromatic N) is 2. The van der Waals surface area contributed by atoms with E-state index >= 15 is 0 Å². The van der Waals surface area contributed by atoms with Crippen molar-refractivity contribution >= 4 is 16.1 Å². The average molecular weight is 315 g/mol. The summed E-state index contributed by atoms with van der Waals surface area (Å²) in [6, 6.07) is 1.61. The zero-order valence-corrected chi connectivity index (χ0v) is 13.1. The van der Waals surface area contributed by atoms with Gasteiger partial charge in [0.25, 0.3) is 16.1 Å². The molecule has 0 unspecified atom stereocenters. The molecule has 8 heteroatoms. The molecule has 1 aromatic rings. The maximum Gasteiger partial charge on any atom is 0.281 e. The number of hydrogen-bond acceptors (Lipinski definition) is 4. The van der Waals surface area contributed by atoms with E-state index in [-0.39, 0.29) is 5.91 Å². The summed E-state index contributed by atoms with van der Waals surface area (Å²) < 4.78 is 31.6. The standard InChI is InChI=1S/C13H21N3O4S/c1-15(2)21(18,19)16-6-3-11(4-7-16)9-14-13(17)12-5-8-20-10-12/h5,8,10-11H,3-4,6-7,9H2,1-2H3,(H,14,17). The van der Waals surface area contributed by atoms with E-state index in [2.05, 4.69) is 5.32 Å². The van der Waals surface area contributed by atoms with Gasteiger partial charge in [0.1, 0.15) is 6.26 Å². The highest BCUT2D eigenvalue weighted by Crippen LogP contribution is 2.20. The summed E-state index contributed by atoms with van der Waals surface area (Å²) in [5, 5.41) is 2.85. The van der Waals surface area contributed by atoms with Gasteiger partial charge < -0.3 is 9.73 Å². The van der Waals surface area contributed by atoms with Gasteiger partial charge in [0, 0.05) is 33.7 Å². The number of furan rings is 1. The van der Waals surface area contributed by atoms with Crippen molar-refractivity contribution in [1.82, 2.24) is 13.9 Å². The molecule has 21 heavy (non-hydrogen) atoms. The first kappa shape index (κ1) is 16.0. The lowest BCUT2D eigenvalue weighted by Gasteiger charge is -2.32. The minimum atomic E-state index is -3.32. The lowest BCUT2D eigenvalue weighted by atomic mass is 9.98. The molecule has 1 saturated heterocycles. The van der Waals surface area contributed by atoms with E-state index in [0.717, 1.165) is 12.8 Å². The monoisotopic (exact) mass is 315 g/mol. The molecule has 7 nitrogen and oxygen atoms in total. The fourth-order valence-electron chi connectivity index (χ4n) is 2.31. The first-order valence-electron chi connectivity index (χ1n) is 6.89. The van der Waals surface area contributed by atoms with Gasteiger partial charge in [-0.3, -0.25) is 4.79 Å². The lowest BCUT2D eigenvalue weighted by molar-refractivity contribution is 0.0940. The molecule has 0 spiro atoms. The second-order valence-corrected chi connectivity index (χ2v) is 7.50. The Bertz CT molecular complexity index is 560. The molecular weight excluding hydrogens is 294 g/mol. The molecule has 1 aromatic heterocycles. The van der Waals surface area contributed by atoms with Crippen LogP contribution in [0, 0.1) is 5.92 Å². The minimum Gasteiger partial charge on any atom is -0.472 e. The zero-order valence-electron chi connectivity index (χ0n) is 12.3. The van der Waals surface area contributed by atoms with Crippen molar-refractivity contribution in [3.05, 3.63) is 24.2 Å². The van der Waals surface area contributed by atoms with Crippen LogP contribution in [0.3, 0.4) is 0 Å². The van der Waals surface area contributed by atoms with Crippen LogP contribution < -0.4 is 5.32 Å². The topological polar surface area (TPSA) is 82.9 Å². The maximum atomic E-state index is 12.0. The molecule has 1 amide bonds. The Kier molecular flexibility index (Phi) is 5.02. The molecule has 1 fully saturated rings. The Hall–Kier alpha value is -1.38. The van der Waals surface area contributed by atoms with Gasteiger partial charge in [-0.05, 0) is 24.8 Å². The Labute approximate surface area is 125 Å². The number of piperidine rings is 1. The van der Waals surface area contributed by atoms with Crippen LogP contribution in [0.25, 0.3) is 0 Å². The molecule has 1 N–H and O–H groups in total. The summed E-state index contributed by atoms with van der Waals surface area (Å²) in [5.74, 6) is 0.140. The molecular formula is C13H21N3O4S. The molecule has 0 radical (unpaired) electrons. The van der Waals surface area contributed by atoms with Gasteiger partial charge in [-0.15, -0.1) is 0 Å². The number of hydrogen-bond donors (Lipinski definition) is 1. The molecule has 118 valence electrons. The van der Waals surface area contributed by atoms with Crippen molar-refractivity contribution < 1.29 is 17.6 Å². The smallest absolute Gasteiger partial charge is 0.281 e. The van der Waals surface area contributed by atoms with E-state index in [9.17, 15) is 13.2 Å². The van der Waals surface area contributed by atoms with Crippen molar-refractivity contribution in [1.29, 1.82) is 0 Å². The third-order valence-corrected chi connectivity index (χ3v) is 5.64. The fraction of sp³-hybridized carbons (Fsp3) is 0.615. The summed E-state index contributed by atoms with van der Waals surface area (Å²) in [6.45, 7) is 1.54. The summed E-state index contributed by atoms with van der Waals surface area (Å²) in [5.41, 5.74) is 0.502. The Morgan fingerprint density at radius 2 is 2.10 bits per heavy atom. The summed E-state index contributed by atoms with van der Waals surface area (Å²) in [7, 11) is -0.255. The molecule has 0 aliphatic carbocycles. The fourth-order valence-corrected chi connectivity index (χ4v) is 3.44. The molecule has 2 heterocycles. The van der Waals surface area contributed by atoms with E-state index < -0.39 is 10.2 Å². The predicted molar refractivity (Wildman–Crippen MR) is 77.9 cm³/mol. The minimum absolute atomic E-state index is 0.160. The number of carbonyl (C=O) groups is 1. The molecule has 0 atom stereocenters. The van der Waals surface area contributed by atoms with Crippen LogP contribution in [-0.4, -0.2) is 56.7 Å². The van der Waals surface area contributed by atoms with E-state index in [1.807, 2.05) is 0 Å².